The lowest BCUT2D eigenvalue weighted by Gasteiger charge is -2.03. The third-order valence-corrected chi connectivity index (χ3v) is 2.43. The Hall–Kier alpha value is -1.03. The molecule has 76 valence electrons. The quantitative estimate of drug-likeness (QED) is 0.571. The van der Waals surface area contributed by atoms with E-state index in [0.717, 1.165) is 0 Å². The summed E-state index contributed by atoms with van der Waals surface area (Å²) in [5.74, 6) is -0.873. The van der Waals surface area contributed by atoms with Crippen molar-refractivity contribution in [2.45, 2.75) is 11.8 Å². The molecule has 0 N–H and O–H groups in total. The summed E-state index contributed by atoms with van der Waals surface area (Å²) in [5.41, 5.74) is 0.252. The molecule has 0 fully saturated rings. The van der Waals surface area contributed by atoms with E-state index in [1.165, 1.54) is 17.8 Å². The number of hydrogen-bond donors (Lipinski definition) is 0. The first-order valence-electron chi connectivity index (χ1n) is 4.19. The fraction of sp³-hybridized carbons (Fsp3) is 0.300. The molecule has 0 amide bonds. The van der Waals surface area contributed by atoms with E-state index in [0.29, 0.717) is 11.5 Å². The van der Waals surface area contributed by atoms with Crippen molar-refractivity contribution in [2.75, 3.05) is 12.9 Å². The van der Waals surface area contributed by atoms with Gasteiger partial charge in [0.25, 0.3) is 0 Å². The third-order valence-electron chi connectivity index (χ3n) is 1.66. The van der Waals surface area contributed by atoms with Crippen molar-refractivity contribution in [2.24, 2.45) is 0 Å². The molecule has 0 aromatic heterocycles. The van der Waals surface area contributed by atoms with Gasteiger partial charge in [-0.3, -0.25) is 0 Å². The fourth-order valence-corrected chi connectivity index (χ4v) is 1.47. The van der Waals surface area contributed by atoms with E-state index in [1.54, 1.807) is 25.3 Å². The molecule has 0 unspecified atom stereocenters. The van der Waals surface area contributed by atoms with Gasteiger partial charge in [-0.2, -0.15) is 0 Å². The Balaban J connectivity index is 2.91. The second-order valence-electron chi connectivity index (χ2n) is 2.57. The molecule has 0 atom stereocenters. The Kier molecular flexibility index (Phi) is 3.95. The zero-order valence-corrected chi connectivity index (χ0v) is 8.86. The first kappa shape index (κ1) is 11.0. The predicted molar refractivity (Wildman–Crippen MR) is 54.1 cm³/mol. The van der Waals surface area contributed by atoms with Gasteiger partial charge in [-0.25, -0.2) is 9.18 Å². The highest BCUT2D eigenvalue weighted by atomic mass is 32.2. The Bertz CT molecular complexity index is 339. The van der Waals surface area contributed by atoms with Crippen LogP contribution in [0.3, 0.4) is 0 Å². The third kappa shape index (κ3) is 2.48. The summed E-state index contributed by atoms with van der Waals surface area (Å²) in [7, 11) is 0. The molecule has 0 saturated heterocycles. The zero-order valence-electron chi connectivity index (χ0n) is 8.04. The van der Waals surface area contributed by atoms with Gasteiger partial charge in [0.1, 0.15) is 5.82 Å². The van der Waals surface area contributed by atoms with Crippen molar-refractivity contribution in [1.29, 1.82) is 0 Å². The lowest BCUT2D eigenvalue weighted by molar-refractivity contribution is 0.0525. The Morgan fingerprint density at radius 2 is 2.29 bits per heavy atom. The molecule has 0 aliphatic carbocycles. The minimum Gasteiger partial charge on any atom is -0.462 e. The molecule has 1 aromatic rings. The van der Waals surface area contributed by atoms with Crippen molar-refractivity contribution >= 4 is 17.7 Å². The van der Waals surface area contributed by atoms with Crippen LogP contribution in [-0.4, -0.2) is 18.8 Å². The Morgan fingerprint density at radius 3 is 2.79 bits per heavy atom. The van der Waals surface area contributed by atoms with E-state index in [1.807, 2.05) is 0 Å². The van der Waals surface area contributed by atoms with Crippen LogP contribution in [0, 0.1) is 5.82 Å². The first-order valence-corrected chi connectivity index (χ1v) is 5.42. The van der Waals surface area contributed by atoms with Crippen molar-refractivity contribution < 1.29 is 13.9 Å². The number of esters is 1. The maximum Gasteiger partial charge on any atom is 0.338 e. The average Bonchev–Trinajstić information content (AvgIpc) is 2.18. The minimum absolute atomic E-state index is 0.252. The number of thioether (sulfide) groups is 1. The summed E-state index contributed by atoms with van der Waals surface area (Å²) >= 11 is 1.30. The fourth-order valence-electron chi connectivity index (χ4n) is 1.01. The minimum atomic E-state index is -0.487. The van der Waals surface area contributed by atoms with Crippen molar-refractivity contribution in [3.05, 3.63) is 29.6 Å². The van der Waals surface area contributed by atoms with Gasteiger partial charge in [0.05, 0.1) is 12.2 Å². The maximum atomic E-state index is 13.2. The highest BCUT2D eigenvalue weighted by Gasteiger charge is 2.09. The number of ether oxygens (including phenoxy) is 1. The average molecular weight is 214 g/mol. The Morgan fingerprint density at radius 1 is 1.57 bits per heavy atom. The van der Waals surface area contributed by atoms with Crippen molar-refractivity contribution in [1.82, 2.24) is 0 Å². The lowest BCUT2D eigenvalue weighted by atomic mass is 10.2. The van der Waals surface area contributed by atoms with Gasteiger partial charge in [0.2, 0.25) is 0 Å². The summed E-state index contributed by atoms with van der Waals surface area (Å²) in [6.45, 7) is 2.01. The van der Waals surface area contributed by atoms with Crippen LogP contribution in [-0.2, 0) is 4.74 Å². The molecule has 1 aromatic carbocycles. The van der Waals surface area contributed by atoms with Crippen LogP contribution in [0.1, 0.15) is 17.3 Å². The molecule has 0 saturated carbocycles. The maximum absolute atomic E-state index is 13.2. The molecular weight excluding hydrogens is 203 g/mol. The number of rotatable bonds is 3. The van der Waals surface area contributed by atoms with E-state index >= 15 is 0 Å². The van der Waals surface area contributed by atoms with Gasteiger partial charge in [0, 0.05) is 4.90 Å². The highest BCUT2D eigenvalue weighted by molar-refractivity contribution is 7.98. The van der Waals surface area contributed by atoms with E-state index in [-0.39, 0.29) is 11.4 Å². The van der Waals surface area contributed by atoms with Gasteiger partial charge in [0.15, 0.2) is 0 Å². The first-order chi connectivity index (χ1) is 6.69. The molecule has 0 bridgehead atoms. The predicted octanol–water partition coefficient (Wildman–Crippen LogP) is 2.72. The summed E-state index contributed by atoms with van der Waals surface area (Å²) in [5, 5.41) is 0. The summed E-state index contributed by atoms with van der Waals surface area (Å²) < 4.78 is 18.0. The summed E-state index contributed by atoms with van der Waals surface area (Å²) in [6, 6.07) is 4.34. The van der Waals surface area contributed by atoms with E-state index < -0.39 is 5.97 Å². The number of carbonyl (C=O) groups is 1. The van der Waals surface area contributed by atoms with Gasteiger partial charge < -0.3 is 4.74 Å². The van der Waals surface area contributed by atoms with E-state index in [4.69, 9.17) is 4.74 Å². The second-order valence-corrected chi connectivity index (χ2v) is 3.42. The standard InChI is InChI=1S/C10H11FO2S/c1-3-13-10(12)7-4-5-9(14-2)8(11)6-7/h4-6H,3H2,1-2H3. The molecule has 2 nitrogen and oxygen atoms in total. The van der Waals surface area contributed by atoms with Gasteiger partial charge in [-0.1, -0.05) is 0 Å². The largest absolute Gasteiger partial charge is 0.462 e. The SMILES string of the molecule is CCOC(=O)c1ccc(SC)c(F)c1. The summed E-state index contributed by atoms with van der Waals surface area (Å²) in [6.07, 6.45) is 1.78. The molecule has 1 rings (SSSR count). The van der Waals surface area contributed by atoms with Crippen molar-refractivity contribution in [3.63, 3.8) is 0 Å². The van der Waals surface area contributed by atoms with E-state index in [9.17, 15) is 9.18 Å². The molecular formula is C10H11FO2S. The van der Waals surface area contributed by atoms with Crippen LogP contribution in [0.25, 0.3) is 0 Å². The van der Waals surface area contributed by atoms with Crippen LogP contribution in [0.2, 0.25) is 0 Å². The van der Waals surface area contributed by atoms with Crippen LogP contribution < -0.4 is 0 Å². The number of carbonyl (C=O) groups excluding carboxylic acids is 1. The van der Waals surface area contributed by atoms with Crippen LogP contribution in [0.15, 0.2) is 23.1 Å². The topological polar surface area (TPSA) is 26.3 Å². The molecule has 0 spiro atoms. The molecule has 14 heavy (non-hydrogen) atoms. The molecule has 4 heteroatoms. The van der Waals surface area contributed by atoms with Gasteiger partial charge in [-0.05, 0) is 31.4 Å². The number of halogens is 1. The second kappa shape index (κ2) is 5.00. The zero-order chi connectivity index (χ0) is 10.6. The van der Waals surface area contributed by atoms with Gasteiger partial charge in [-0.15, -0.1) is 11.8 Å². The van der Waals surface area contributed by atoms with Crippen LogP contribution in [0.4, 0.5) is 4.39 Å². The molecule has 0 aliphatic heterocycles. The lowest BCUT2D eigenvalue weighted by Crippen LogP contribution is -2.04. The normalized spacial score (nSPS) is 9.93. The smallest absolute Gasteiger partial charge is 0.338 e. The number of hydrogen-bond acceptors (Lipinski definition) is 3. The van der Waals surface area contributed by atoms with Crippen LogP contribution >= 0.6 is 11.8 Å². The van der Waals surface area contributed by atoms with Crippen LogP contribution in [0.5, 0.6) is 0 Å². The Labute approximate surface area is 86.5 Å². The van der Waals surface area contributed by atoms with Gasteiger partial charge >= 0.3 is 5.97 Å². The van der Waals surface area contributed by atoms with Crippen molar-refractivity contribution in [3.8, 4) is 0 Å². The highest BCUT2D eigenvalue weighted by Crippen LogP contribution is 2.20. The summed E-state index contributed by atoms with van der Waals surface area (Å²) in [4.78, 5) is 11.7. The van der Waals surface area contributed by atoms with E-state index in [2.05, 4.69) is 0 Å². The monoisotopic (exact) mass is 214 g/mol. The number of benzene rings is 1. The molecule has 0 aliphatic rings. The molecule has 0 heterocycles. The molecule has 0 radical (unpaired) electrons.